The summed E-state index contributed by atoms with van der Waals surface area (Å²) in [6.45, 7) is 1.55. The molecular weight excluding hydrogens is 253 g/mol. The molecule has 0 atom stereocenters. The number of rotatable bonds is 3. The highest BCUT2D eigenvalue weighted by Gasteiger charge is 2.27. The molecule has 92 valence electrons. The highest BCUT2D eigenvalue weighted by Crippen LogP contribution is 2.29. The topological polar surface area (TPSA) is 45.8 Å². The van der Waals surface area contributed by atoms with Crippen LogP contribution in [0.5, 0.6) is 0 Å². The molecule has 0 aliphatic rings. The van der Waals surface area contributed by atoms with Crippen LogP contribution < -0.4 is 5.56 Å². The van der Waals surface area contributed by atoms with Crippen molar-refractivity contribution in [2.75, 3.05) is 5.75 Å². The average Bonchev–Trinajstić information content (AvgIpc) is 2.21. The molecule has 0 spiro atoms. The van der Waals surface area contributed by atoms with Crippen LogP contribution in [0.1, 0.15) is 11.3 Å². The standard InChI is InChI=1S/C10H9F3N2OS/c1-7-2-3-8(6-14)9(16)15(7)4-5-17-10(11,12)13/h2-3H,4-5H2,1H3. The van der Waals surface area contributed by atoms with Crippen molar-refractivity contribution < 1.29 is 13.2 Å². The number of halogens is 3. The smallest absolute Gasteiger partial charge is 0.311 e. The third kappa shape index (κ3) is 3.82. The molecule has 0 amide bonds. The van der Waals surface area contributed by atoms with Gasteiger partial charge in [0.1, 0.15) is 11.6 Å². The minimum Gasteiger partial charge on any atom is -0.311 e. The van der Waals surface area contributed by atoms with Gasteiger partial charge in [-0.15, -0.1) is 0 Å². The molecule has 0 bridgehead atoms. The Labute approximate surface area is 99.9 Å². The largest absolute Gasteiger partial charge is 0.441 e. The Morgan fingerprint density at radius 1 is 1.47 bits per heavy atom. The molecule has 3 nitrogen and oxygen atoms in total. The second kappa shape index (κ2) is 5.27. The molecule has 0 aliphatic heterocycles. The summed E-state index contributed by atoms with van der Waals surface area (Å²) in [4.78, 5) is 11.6. The van der Waals surface area contributed by atoms with Crippen molar-refractivity contribution in [2.24, 2.45) is 0 Å². The molecule has 0 aliphatic carbocycles. The first kappa shape index (κ1) is 13.6. The van der Waals surface area contributed by atoms with Crippen molar-refractivity contribution in [3.63, 3.8) is 0 Å². The summed E-state index contributed by atoms with van der Waals surface area (Å²) >= 11 is -0.183. The molecule has 0 radical (unpaired) electrons. The Hall–Kier alpha value is -1.42. The molecule has 0 fully saturated rings. The van der Waals surface area contributed by atoms with E-state index >= 15 is 0 Å². The van der Waals surface area contributed by atoms with E-state index in [1.54, 1.807) is 13.0 Å². The maximum absolute atomic E-state index is 11.9. The third-order valence-corrected chi connectivity index (χ3v) is 2.81. The van der Waals surface area contributed by atoms with Gasteiger partial charge in [0, 0.05) is 18.0 Å². The zero-order valence-electron chi connectivity index (χ0n) is 8.91. The first-order chi connectivity index (χ1) is 7.85. The summed E-state index contributed by atoms with van der Waals surface area (Å²) in [6, 6.07) is 4.61. The highest BCUT2D eigenvalue weighted by molar-refractivity contribution is 8.00. The fourth-order valence-corrected chi connectivity index (χ4v) is 1.79. The minimum atomic E-state index is -4.30. The van der Waals surface area contributed by atoms with Crippen molar-refractivity contribution in [3.8, 4) is 6.07 Å². The van der Waals surface area contributed by atoms with Gasteiger partial charge in [-0.05, 0) is 30.8 Å². The van der Waals surface area contributed by atoms with E-state index < -0.39 is 11.1 Å². The van der Waals surface area contributed by atoms with Crippen LogP contribution in [0.2, 0.25) is 0 Å². The zero-order valence-corrected chi connectivity index (χ0v) is 9.73. The molecule has 0 unspecified atom stereocenters. The predicted molar refractivity (Wildman–Crippen MR) is 58.7 cm³/mol. The van der Waals surface area contributed by atoms with Crippen molar-refractivity contribution >= 4 is 11.8 Å². The Balaban J connectivity index is 2.85. The number of alkyl halides is 3. The predicted octanol–water partition coefficient (Wildman–Crippen LogP) is 2.28. The van der Waals surface area contributed by atoms with Crippen molar-refractivity contribution in [1.82, 2.24) is 4.57 Å². The van der Waals surface area contributed by atoms with E-state index in [4.69, 9.17) is 5.26 Å². The number of aromatic nitrogens is 1. The van der Waals surface area contributed by atoms with Crippen LogP contribution in [-0.4, -0.2) is 15.8 Å². The van der Waals surface area contributed by atoms with E-state index in [1.807, 2.05) is 0 Å². The summed E-state index contributed by atoms with van der Waals surface area (Å²) in [5.41, 5.74) is -4.37. The highest BCUT2D eigenvalue weighted by atomic mass is 32.2. The molecule has 1 rings (SSSR count). The number of hydrogen-bond acceptors (Lipinski definition) is 3. The fourth-order valence-electron chi connectivity index (χ4n) is 1.29. The van der Waals surface area contributed by atoms with Crippen LogP contribution in [0.3, 0.4) is 0 Å². The number of nitrogens with zero attached hydrogens (tertiary/aromatic N) is 2. The number of hydrogen-bond donors (Lipinski definition) is 0. The van der Waals surface area contributed by atoms with Gasteiger partial charge in [0.25, 0.3) is 5.56 Å². The molecular formula is C10H9F3N2OS. The zero-order chi connectivity index (χ0) is 13.1. The Morgan fingerprint density at radius 2 is 2.12 bits per heavy atom. The number of nitriles is 1. The quantitative estimate of drug-likeness (QED) is 0.839. The van der Waals surface area contributed by atoms with Crippen LogP contribution in [0, 0.1) is 18.3 Å². The lowest BCUT2D eigenvalue weighted by molar-refractivity contribution is -0.0328. The van der Waals surface area contributed by atoms with E-state index in [0.29, 0.717) is 5.69 Å². The Morgan fingerprint density at radius 3 is 2.65 bits per heavy atom. The summed E-state index contributed by atoms with van der Waals surface area (Å²) in [5.74, 6) is -0.251. The van der Waals surface area contributed by atoms with Gasteiger partial charge < -0.3 is 4.57 Å². The first-order valence-corrected chi connectivity index (χ1v) is 5.65. The lowest BCUT2D eigenvalue weighted by Gasteiger charge is -2.10. The monoisotopic (exact) mass is 262 g/mol. The maximum Gasteiger partial charge on any atom is 0.441 e. The third-order valence-electron chi connectivity index (χ3n) is 2.09. The molecule has 1 aromatic heterocycles. The first-order valence-electron chi connectivity index (χ1n) is 4.66. The number of pyridine rings is 1. The van der Waals surface area contributed by atoms with E-state index in [9.17, 15) is 18.0 Å². The van der Waals surface area contributed by atoms with Gasteiger partial charge in [0.05, 0.1) is 0 Å². The molecule has 1 aromatic rings. The summed E-state index contributed by atoms with van der Waals surface area (Å²) in [5, 5.41) is 8.64. The molecule has 0 aromatic carbocycles. The van der Waals surface area contributed by atoms with E-state index in [1.165, 1.54) is 16.7 Å². The summed E-state index contributed by atoms with van der Waals surface area (Å²) in [7, 11) is 0. The van der Waals surface area contributed by atoms with Gasteiger partial charge in [0.2, 0.25) is 0 Å². The molecule has 17 heavy (non-hydrogen) atoms. The lowest BCUT2D eigenvalue weighted by Crippen LogP contribution is -2.25. The van der Waals surface area contributed by atoms with Crippen LogP contribution >= 0.6 is 11.8 Å². The van der Waals surface area contributed by atoms with Crippen LogP contribution in [0.4, 0.5) is 13.2 Å². The Kier molecular flexibility index (Phi) is 4.23. The molecule has 0 N–H and O–H groups in total. The maximum atomic E-state index is 11.9. The Bertz CT molecular complexity index is 502. The number of thioether (sulfide) groups is 1. The fraction of sp³-hybridized carbons (Fsp3) is 0.400. The second-order valence-electron chi connectivity index (χ2n) is 3.25. The van der Waals surface area contributed by atoms with Crippen molar-refractivity contribution in [3.05, 3.63) is 33.7 Å². The van der Waals surface area contributed by atoms with E-state index in [0.717, 1.165) is 0 Å². The van der Waals surface area contributed by atoms with Crippen molar-refractivity contribution in [2.45, 2.75) is 19.0 Å². The van der Waals surface area contributed by atoms with Gasteiger partial charge in [-0.25, -0.2) is 0 Å². The normalized spacial score (nSPS) is 11.2. The molecule has 1 heterocycles. The summed E-state index contributed by atoms with van der Waals surface area (Å²) in [6.07, 6.45) is 0. The second-order valence-corrected chi connectivity index (χ2v) is 4.41. The molecule has 0 saturated heterocycles. The molecule has 0 saturated carbocycles. The van der Waals surface area contributed by atoms with Crippen LogP contribution in [0.15, 0.2) is 16.9 Å². The van der Waals surface area contributed by atoms with Gasteiger partial charge in [0.15, 0.2) is 0 Å². The van der Waals surface area contributed by atoms with E-state index in [-0.39, 0.29) is 29.6 Å². The average molecular weight is 262 g/mol. The van der Waals surface area contributed by atoms with Gasteiger partial charge in [-0.1, -0.05) is 0 Å². The van der Waals surface area contributed by atoms with Gasteiger partial charge in [-0.2, -0.15) is 18.4 Å². The molecule has 7 heteroatoms. The summed E-state index contributed by atoms with van der Waals surface area (Å²) < 4.78 is 37.0. The minimum absolute atomic E-state index is 0.0624. The van der Waals surface area contributed by atoms with Gasteiger partial charge >= 0.3 is 5.51 Å². The SMILES string of the molecule is Cc1ccc(C#N)c(=O)n1CCSC(F)(F)F. The van der Waals surface area contributed by atoms with Gasteiger partial charge in [-0.3, -0.25) is 4.79 Å². The van der Waals surface area contributed by atoms with Crippen LogP contribution in [-0.2, 0) is 6.54 Å². The van der Waals surface area contributed by atoms with Crippen LogP contribution in [0.25, 0.3) is 0 Å². The number of aryl methyl sites for hydroxylation is 1. The lowest BCUT2D eigenvalue weighted by atomic mass is 10.2. The van der Waals surface area contributed by atoms with Crippen molar-refractivity contribution in [1.29, 1.82) is 5.26 Å². The van der Waals surface area contributed by atoms with E-state index in [2.05, 4.69) is 0 Å².